The van der Waals surface area contributed by atoms with Gasteiger partial charge in [-0.1, -0.05) is 42.8 Å². The number of rotatable bonds is 11. The van der Waals surface area contributed by atoms with Gasteiger partial charge in [-0.2, -0.15) is 0 Å². The van der Waals surface area contributed by atoms with Crippen LogP contribution in [0.2, 0.25) is 5.02 Å². The van der Waals surface area contributed by atoms with Crippen molar-refractivity contribution in [1.29, 1.82) is 0 Å². The maximum atomic E-state index is 15.2. The van der Waals surface area contributed by atoms with Crippen molar-refractivity contribution in [2.24, 2.45) is 0 Å². The molecule has 0 heterocycles. The number of ketones is 1. The molecule has 28 heavy (non-hydrogen) atoms. The maximum Gasteiger partial charge on any atom is 0.181 e. The summed E-state index contributed by atoms with van der Waals surface area (Å²) in [6.07, 6.45) is 1.79. The molecular formula is C22H27ClFNO3. The molecule has 0 unspecified atom stereocenters. The molecule has 2 atom stereocenters. The summed E-state index contributed by atoms with van der Waals surface area (Å²) in [5, 5.41) is 12.4. The van der Waals surface area contributed by atoms with Crippen molar-refractivity contribution < 1.29 is 19.0 Å². The first kappa shape index (κ1) is 22.3. The normalized spacial score (nSPS) is 13.2. The van der Waals surface area contributed by atoms with Crippen molar-refractivity contribution >= 4 is 17.4 Å². The van der Waals surface area contributed by atoms with Gasteiger partial charge in [0.25, 0.3) is 0 Å². The number of aliphatic hydroxyl groups excluding tert-OH is 1. The Morgan fingerprint density at radius 2 is 1.96 bits per heavy atom. The lowest BCUT2D eigenvalue weighted by Crippen LogP contribution is -2.32. The number of benzene rings is 2. The van der Waals surface area contributed by atoms with E-state index in [-0.39, 0.29) is 35.2 Å². The summed E-state index contributed by atoms with van der Waals surface area (Å²) >= 11 is 6.17. The van der Waals surface area contributed by atoms with Crippen molar-refractivity contribution in [2.45, 2.75) is 51.6 Å². The number of ether oxygens (including phenoxy) is 1. The molecule has 0 bridgehead atoms. The molecule has 0 aliphatic carbocycles. The molecular weight excluding hydrogens is 381 g/mol. The molecule has 2 aromatic carbocycles. The number of halogens is 2. The van der Waals surface area contributed by atoms with Crippen molar-refractivity contribution in [2.75, 3.05) is 6.61 Å². The van der Waals surface area contributed by atoms with E-state index >= 15 is 4.39 Å². The maximum absolute atomic E-state index is 15.2. The second-order valence-corrected chi connectivity index (χ2v) is 7.20. The van der Waals surface area contributed by atoms with Crippen LogP contribution in [0.5, 0.6) is 11.5 Å². The lowest BCUT2D eigenvalue weighted by molar-refractivity contribution is -0.119. The van der Waals surface area contributed by atoms with Crippen LogP contribution in [0.4, 0.5) is 4.39 Å². The molecule has 0 aliphatic rings. The molecule has 2 aromatic rings. The fraction of sp³-hybridized carbons (Fsp3) is 0.409. The van der Waals surface area contributed by atoms with Gasteiger partial charge in [0.15, 0.2) is 11.6 Å². The summed E-state index contributed by atoms with van der Waals surface area (Å²) in [7, 11) is 0. The van der Waals surface area contributed by atoms with Gasteiger partial charge >= 0.3 is 0 Å². The first-order chi connectivity index (χ1) is 13.5. The predicted octanol–water partition coefficient (Wildman–Crippen LogP) is 5.43. The van der Waals surface area contributed by atoms with E-state index in [1.54, 1.807) is 36.4 Å². The summed E-state index contributed by atoms with van der Waals surface area (Å²) in [6, 6.07) is 11.8. The Hall–Kier alpha value is -1.95. The fourth-order valence-electron chi connectivity index (χ4n) is 3.07. The molecule has 6 heteroatoms. The third-order valence-electron chi connectivity index (χ3n) is 4.46. The van der Waals surface area contributed by atoms with Gasteiger partial charge in [-0.05, 0) is 38.0 Å². The average molecular weight is 408 g/mol. The number of Topliss-reactive ketones (excluding diaryl/α,β-unsaturated/α-hetero) is 1. The summed E-state index contributed by atoms with van der Waals surface area (Å²) in [6.45, 7) is 3.85. The number of carbonyl (C=O) groups excluding carboxylic acids is 1. The zero-order valence-corrected chi connectivity index (χ0v) is 17.0. The molecule has 0 aromatic heterocycles. The zero-order valence-electron chi connectivity index (χ0n) is 16.3. The van der Waals surface area contributed by atoms with E-state index in [0.29, 0.717) is 37.0 Å². The Bertz CT molecular complexity index is 770. The number of hydrogen-bond donors (Lipinski definition) is 2. The Kier molecular flexibility index (Phi) is 8.90. The van der Waals surface area contributed by atoms with Gasteiger partial charge in [-0.3, -0.25) is 4.79 Å². The highest BCUT2D eigenvalue weighted by Crippen LogP contribution is 2.36. The second-order valence-electron chi connectivity index (χ2n) is 6.79. The molecule has 0 saturated carbocycles. The van der Waals surface area contributed by atoms with Crippen LogP contribution in [0, 0.1) is 5.82 Å². The van der Waals surface area contributed by atoms with Crippen LogP contribution in [0.3, 0.4) is 0 Å². The highest BCUT2D eigenvalue weighted by atomic mass is 35.5. The van der Waals surface area contributed by atoms with E-state index in [9.17, 15) is 4.79 Å². The number of aliphatic hydroxyl groups is 1. The van der Waals surface area contributed by atoms with Crippen LogP contribution >= 0.6 is 11.6 Å². The first-order valence-electron chi connectivity index (χ1n) is 9.55. The van der Waals surface area contributed by atoms with E-state index in [0.717, 1.165) is 0 Å². The minimum absolute atomic E-state index is 0.00251. The van der Waals surface area contributed by atoms with Crippen molar-refractivity contribution in [1.82, 2.24) is 5.32 Å². The standard InChI is InChI=1S/C22H27ClFNO3/c1-3-20(25-15(2)14-16(27)8-7-13-26)18-11-12-19(23)22(21(18)24)28-17-9-5-4-6-10-17/h4-6,9-12,15,20,25-26H,3,7-8,13-14H2,1-2H3/t15-,20+/m0/s1. The Morgan fingerprint density at radius 1 is 1.25 bits per heavy atom. The molecule has 0 saturated heterocycles. The van der Waals surface area contributed by atoms with Crippen LogP contribution in [0.1, 0.15) is 51.1 Å². The predicted molar refractivity (Wildman–Crippen MR) is 109 cm³/mol. The van der Waals surface area contributed by atoms with Gasteiger partial charge in [0.05, 0.1) is 5.02 Å². The van der Waals surface area contributed by atoms with Crippen molar-refractivity contribution in [3.05, 3.63) is 58.9 Å². The third kappa shape index (κ3) is 6.30. The van der Waals surface area contributed by atoms with Gasteiger partial charge in [-0.15, -0.1) is 0 Å². The van der Waals surface area contributed by atoms with Crippen LogP contribution in [-0.4, -0.2) is 23.5 Å². The molecule has 0 fully saturated rings. The van der Waals surface area contributed by atoms with Gasteiger partial charge in [0, 0.05) is 37.1 Å². The fourth-order valence-corrected chi connectivity index (χ4v) is 3.25. The van der Waals surface area contributed by atoms with Crippen LogP contribution in [-0.2, 0) is 4.79 Å². The van der Waals surface area contributed by atoms with Gasteiger partial charge < -0.3 is 15.2 Å². The minimum atomic E-state index is -0.505. The van der Waals surface area contributed by atoms with E-state index < -0.39 is 5.82 Å². The SMILES string of the molecule is CC[C@@H](N[C@@H](C)CC(=O)CCCO)c1ccc(Cl)c(Oc2ccccc2)c1F. The molecule has 0 spiro atoms. The van der Waals surface area contributed by atoms with E-state index in [1.165, 1.54) is 0 Å². The van der Waals surface area contributed by atoms with Gasteiger partial charge in [0.1, 0.15) is 11.5 Å². The third-order valence-corrected chi connectivity index (χ3v) is 4.76. The Balaban J connectivity index is 2.15. The molecule has 0 amide bonds. The van der Waals surface area contributed by atoms with Crippen LogP contribution in [0.15, 0.2) is 42.5 Å². The highest BCUT2D eigenvalue weighted by Gasteiger charge is 2.22. The molecule has 0 radical (unpaired) electrons. The number of hydrogen-bond acceptors (Lipinski definition) is 4. The second kappa shape index (κ2) is 11.1. The molecule has 152 valence electrons. The summed E-state index contributed by atoms with van der Waals surface area (Å²) in [5.74, 6) is 0.0738. The first-order valence-corrected chi connectivity index (χ1v) is 9.93. The van der Waals surface area contributed by atoms with E-state index in [1.807, 2.05) is 19.9 Å². The summed E-state index contributed by atoms with van der Waals surface area (Å²) < 4.78 is 20.9. The van der Waals surface area contributed by atoms with Gasteiger partial charge in [0.2, 0.25) is 0 Å². The number of nitrogens with one attached hydrogen (secondary N) is 1. The van der Waals surface area contributed by atoms with Crippen LogP contribution < -0.4 is 10.1 Å². The smallest absolute Gasteiger partial charge is 0.181 e. The highest BCUT2D eigenvalue weighted by molar-refractivity contribution is 6.32. The largest absolute Gasteiger partial charge is 0.453 e. The molecule has 0 aliphatic heterocycles. The summed E-state index contributed by atoms with van der Waals surface area (Å²) in [4.78, 5) is 11.9. The Morgan fingerprint density at radius 3 is 2.61 bits per heavy atom. The van der Waals surface area contributed by atoms with Crippen molar-refractivity contribution in [3.8, 4) is 11.5 Å². The van der Waals surface area contributed by atoms with Gasteiger partial charge in [-0.25, -0.2) is 4.39 Å². The summed E-state index contributed by atoms with van der Waals surface area (Å²) in [5.41, 5.74) is 0.451. The number of carbonyl (C=O) groups is 1. The molecule has 2 rings (SSSR count). The Labute approximate surface area is 170 Å². The zero-order chi connectivity index (χ0) is 20.5. The molecule has 2 N–H and O–H groups in total. The molecule has 4 nitrogen and oxygen atoms in total. The van der Waals surface area contributed by atoms with E-state index in [2.05, 4.69) is 5.32 Å². The lowest BCUT2D eigenvalue weighted by Gasteiger charge is -2.24. The average Bonchev–Trinajstić information content (AvgIpc) is 2.69. The lowest BCUT2D eigenvalue weighted by atomic mass is 10.0. The topological polar surface area (TPSA) is 58.6 Å². The monoisotopic (exact) mass is 407 g/mol. The quantitative estimate of drug-likeness (QED) is 0.521. The van der Waals surface area contributed by atoms with Crippen LogP contribution in [0.25, 0.3) is 0 Å². The number of para-hydroxylation sites is 1. The minimum Gasteiger partial charge on any atom is -0.453 e. The van der Waals surface area contributed by atoms with Crippen molar-refractivity contribution in [3.63, 3.8) is 0 Å². The van der Waals surface area contributed by atoms with E-state index in [4.69, 9.17) is 21.4 Å².